The molecule has 116 valence electrons. The van der Waals surface area contributed by atoms with Crippen molar-refractivity contribution in [3.8, 4) is 22.4 Å². The van der Waals surface area contributed by atoms with E-state index in [1.807, 2.05) is 6.07 Å². The summed E-state index contributed by atoms with van der Waals surface area (Å²) in [7, 11) is 0. The first-order chi connectivity index (χ1) is 11.7. The fourth-order valence-electron chi connectivity index (χ4n) is 3.33. The maximum absolute atomic E-state index is 4.97. The van der Waals surface area contributed by atoms with Crippen LogP contribution in [0, 0.1) is 13.8 Å². The lowest BCUT2D eigenvalue weighted by Gasteiger charge is -2.15. The molecular weight excluding hydrogens is 290 g/mol. The van der Waals surface area contributed by atoms with Crippen LogP contribution in [0.15, 0.2) is 78.9 Å². The van der Waals surface area contributed by atoms with Crippen molar-refractivity contribution in [2.24, 2.45) is 0 Å². The first kappa shape index (κ1) is 14.6. The quantitative estimate of drug-likeness (QED) is 0.430. The number of fused-ring (bicyclic) bond motifs is 1. The van der Waals surface area contributed by atoms with Crippen LogP contribution in [0.4, 0.5) is 0 Å². The highest BCUT2D eigenvalue weighted by Crippen LogP contribution is 2.36. The van der Waals surface area contributed by atoms with E-state index in [0.29, 0.717) is 0 Å². The fraction of sp³-hybridized carbons (Fsp3) is 0.0870. The second-order valence-electron chi connectivity index (χ2n) is 6.21. The van der Waals surface area contributed by atoms with Gasteiger partial charge in [-0.2, -0.15) is 0 Å². The van der Waals surface area contributed by atoms with Gasteiger partial charge in [-0.05, 0) is 42.7 Å². The first-order valence-electron chi connectivity index (χ1n) is 8.26. The molecule has 0 aliphatic carbocycles. The monoisotopic (exact) mass is 309 g/mol. The molecule has 0 saturated heterocycles. The lowest BCUT2D eigenvalue weighted by molar-refractivity contribution is 1.32. The lowest BCUT2D eigenvalue weighted by Crippen LogP contribution is -1.95. The second-order valence-corrected chi connectivity index (χ2v) is 6.21. The van der Waals surface area contributed by atoms with Crippen LogP contribution in [0.5, 0.6) is 0 Å². The normalized spacial score (nSPS) is 10.9. The molecule has 0 radical (unpaired) electrons. The zero-order chi connectivity index (χ0) is 16.5. The Labute approximate surface area is 142 Å². The Bertz CT molecular complexity index is 1000. The van der Waals surface area contributed by atoms with Gasteiger partial charge in [-0.1, -0.05) is 72.3 Å². The summed E-state index contributed by atoms with van der Waals surface area (Å²) in [5, 5.41) is 1.22. The Morgan fingerprint density at radius 1 is 0.667 bits per heavy atom. The van der Waals surface area contributed by atoms with Crippen molar-refractivity contribution in [2.45, 2.75) is 13.8 Å². The van der Waals surface area contributed by atoms with Crippen LogP contribution in [0.2, 0.25) is 0 Å². The van der Waals surface area contributed by atoms with Gasteiger partial charge in [0.1, 0.15) is 0 Å². The van der Waals surface area contributed by atoms with E-state index in [0.717, 1.165) is 16.8 Å². The van der Waals surface area contributed by atoms with Gasteiger partial charge in [0.05, 0.1) is 11.2 Å². The minimum absolute atomic E-state index is 1.05. The van der Waals surface area contributed by atoms with E-state index >= 15 is 0 Å². The highest BCUT2D eigenvalue weighted by Gasteiger charge is 2.14. The number of aromatic nitrogens is 1. The molecule has 0 aliphatic rings. The summed E-state index contributed by atoms with van der Waals surface area (Å²) in [6, 6.07) is 27.6. The van der Waals surface area contributed by atoms with Crippen molar-refractivity contribution in [3.63, 3.8) is 0 Å². The number of hydrogen-bond donors (Lipinski definition) is 0. The summed E-state index contributed by atoms with van der Waals surface area (Å²) in [5.74, 6) is 0. The minimum Gasteiger partial charge on any atom is -0.247 e. The van der Waals surface area contributed by atoms with E-state index in [1.165, 1.54) is 27.6 Å². The molecule has 0 spiro atoms. The number of pyridine rings is 1. The average molecular weight is 309 g/mol. The van der Waals surface area contributed by atoms with Crippen LogP contribution < -0.4 is 0 Å². The zero-order valence-electron chi connectivity index (χ0n) is 14.0. The van der Waals surface area contributed by atoms with Crippen molar-refractivity contribution < 1.29 is 0 Å². The Morgan fingerprint density at radius 3 is 1.96 bits per heavy atom. The molecule has 3 aromatic carbocycles. The third-order valence-electron chi connectivity index (χ3n) is 4.49. The van der Waals surface area contributed by atoms with Gasteiger partial charge in [0.15, 0.2) is 0 Å². The standard InChI is InChI=1S/C23H19N/c1-16-13-14-21-20(15-16)22(18-9-5-3-6-10-18)17(2)23(24-21)19-11-7-4-8-12-19/h3-15H,1-2H3. The van der Waals surface area contributed by atoms with E-state index < -0.39 is 0 Å². The van der Waals surface area contributed by atoms with Crippen LogP contribution in [0.1, 0.15) is 11.1 Å². The van der Waals surface area contributed by atoms with Crippen LogP contribution in [0.3, 0.4) is 0 Å². The Kier molecular flexibility index (Phi) is 3.62. The summed E-state index contributed by atoms with van der Waals surface area (Å²) in [4.78, 5) is 4.97. The molecule has 0 aliphatic heterocycles. The van der Waals surface area contributed by atoms with Gasteiger partial charge in [-0.3, -0.25) is 0 Å². The Morgan fingerprint density at radius 2 is 1.29 bits per heavy atom. The van der Waals surface area contributed by atoms with Gasteiger partial charge in [0.25, 0.3) is 0 Å². The number of aryl methyl sites for hydroxylation is 1. The molecule has 0 N–H and O–H groups in total. The molecule has 0 bridgehead atoms. The van der Waals surface area contributed by atoms with E-state index in [1.54, 1.807) is 0 Å². The van der Waals surface area contributed by atoms with Crippen LogP contribution in [0.25, 0.3) is 33.3 Å². The molecule has 0 saturated carbocycles. The molecule has 0 amide bonds. The largest absolute Gasteiger partial charge is 0.247 e. The molecule has 1 heterocycles. The molecule has 4 aromatic rings. The Hall–Kier alpha value is -2.93. The van der Waals surface area contributed by atoms with Crippen molar-refractivity contribution >= 4 is 10.9 Å². The van der Waals surface area contributed by atoms with E-state index in [9.17, 15) is 0 Å². The molecule has 4 rings (SSSR count). The Balaban J connectivity index is 2.11. The number of rotatable bonds is 2. The maximum atomic E-state index is 4.97. The van der Waals surface area contributed by atoms with E-state index in [4.69, 9.17) is 4.98 Å². The van der Waals surface area contributed by atoms with E-state index in [2.05, 4.69) is 86.6 Å². The van der Waals surface area contributed by atoms with Crippen LogP contribution >= 0.6 is 0 Å². The van der Waals surface area contributed by atoms with Gasteiger partial charge < -0.3 is 0 Å². The maximum Gasteiger partial charge on any atom is 0.0745 e. The van der Waals surface area contributed by atoms with Crippen molar-refractivity contribution in [3.05, 3.63) is 90.0 Å². The van der Waals surface area contributed by atoms with Gasteiger partial charge in [0, 0.05) is 10.9 Å². The lowest BCUT2D eigenvalue weighted by atomic mass is 9.92. The van der Waals surface area contributed by atoms with Crippen molar-refractivity contribution in [1.29, 1.82) is 0 Å². The predicted molar refractivity (Wildman–Crippen MR) is 102 cm³/mol. The van der Waals surface area contributed by atoms with Crippen molar-refractivity contribution in [2.75, 3.05) is 0 Å². The third-order valence-corrected chi connectivity index (χ3v) is 4.49. The van der Waals surface area contributed by atoms with E-state index in [-0.39, 0.29) is 0 Å². The molecule has 24 heavy (non-hydrogen) atoms. The van der Waals surface area contributed by atoms with Crippen LogP contribution in [-0.2, 0) is 0 Å². The topological polar surface area (TPSA) is 12.9 Å². The molecular formula is C23H19N. The minimum atomic E-state index is 1.05. The molecule has 1 nitrogen and oxygen atoms in total. The highest BCUT2D eigenvalue weighted by molar-refractivity contribution is 5.99. The summed E-state index contributed by atoms with van der Waals surface area (Å²) in [6.07, 6.45) is 0. The molecule has 0 fully saturated rings. The molecule has 1 aromatic heterocycles. The summed E-state index contributed by atoms with van der Waals surface area (Å²) in [5.41, 5.74) is 8.27. The van der Waals surface area contributed by atoms with Crippen LogP contribution in [-0.4, -0.2) is 4.98 Å². The number of hydrogen-bond acceptors (Lipinski definition) is 1. The highest BCUT2D eigenvalue weighted by atomic mass is 14.7. The molecule has 0 atom stereocenters. The average Bonchev–Trinajstić information content (AvgIpc) is 2.63. The zero-order valence-corrected chi connectivity index (χ0v) is 14.0. The SMILES string of the molecule is Cc1ccc2nc(-c3ccccc3)c(C)c(-c3ccccc3)c2c1. The number of benzene rings is 3. The van der Waals surface area contributed by atoms with Crippen molar-refractivity contribution in [1.82, 2.24) is 4.98 Å². The summed E-state index contributed by atoms with van der Waals surface area (Å²) in [6.45, 7) is 4.31. The second kappa shape index (κ2) is 5.93. The van der Waals surface area contributed by atoms with Gasteiger partial charge >= 0.3 is 0 Å². The van der Waals surface area contributed by atoms with Gasteiger partial charge in [-0.25, -0.2) is 4.98 Å². The predicted octanol–water partition coefficient (Wildman–Crippen LogP) is 6.19. The first-order valence-corrected chi connectivity index (χ1v) is 8.26. The third kappa shape index (κ3) is 2.48. The number of nitrogens with zero attached hydrogens (tertiary/aromatic N) is 1. The fourth-order valence-corrected chi connectivity index (χ4v) is 3.33. The molecule has 1 heteroatoms. The van der Waals surface area contributed by atoms with Gasteiger partial charge in [-0.15, -0.1) is 0 Å². The molecule has 0 unspecified atom stereocenters. The summed E-state index contributed by atoms with van der Waals surface area (Å²) >= 11 is 0. The summed E-state index contributed by atoms with van der Waals surface area (Å²) < 4.78 is 0. The van der Waals surface area contributed by atoms with Gasteiger partial charge in [0.2, 0.25) is 0 Å². The smallest absolute Gasteiger partial charge is 0.0745 e.